The van der Waals surface area contributed by atoms with Crippen LogP contribution in [-0.2, 0) is 4.79 Å². The van der Waals surface area contributed by atoms with Crippen LogP contribution >= 0.6 is 22.9 Å². The molecule has 29 heavy (non-hydrogen) atoms. The first-order chi connectivity index (χ1) is 14.0. The molecule has 0 radical (unpaired) electrons. The van der Waals surface area contributed by atoms with Crippen LogP contribution in [0, 0.1) is 6.92 Å². The summed E-state index contributed by atoms with van der Waals surface area (Å²) in [4.78, 5) is 37.6. The van der Waals surface area contributed by atoms with Gasteiger partial charge in [0.05, 0.1) is 22.7 Å². The molecule has 0 unspecified atom stereocenters. The molecule has 0 fully saturated rings. The monoisotopic (exact) mass is 427 g/mol. The van der Waals surface area contributed by atoms with E-state index in [1.807, 2.05) is 0 Å². The van der Waals surface area contributed by atoms with Crippen molar-refractivity contribution in [3.63, 3.8) is 0 Å². The smallest absolute Gasteiger partial charge is 0.265 e. The number of rotatable bonds is 6. The lowest BCUT2D eigenvalue weighted by atomic mass is 10.1. The molecule has 0 atom stereocenters. The van der Waals surface area contributed by atoms with Crippen LogP contribution in [0.2, 0.25) is 5.02 Å². The Balaban J connectivity index is 1.63. The molecular weight excluding hydrogens is 410 g/mol. The molecule has 0 aliphatic heterocycles. The van der Waals surface area contributed by atoms with Crippen molar-refractivity contribution in [3.05, 3.63) is 81.0 Å². The molecule has 0 aliphatic carbocycles. The molecule has 8 heteroatoms. The van der Waals surface area contributed by atoms with E-state index >= 15 is 0 Å². The number of benzene rings is 2. The zero-order valence-corrected chi connectivity index (χ0v) is 17.1. The van der Waals surface area contributed by atoms with Gasteiger partial charge in [-0.3, -0.25) is 14.4 Å². The highest BCUT2D eigenvalue weighted by Gasteiger charge is 2.15. The number of anilines is 2. The molecule has 6 nitrogen and oxygen atoms in total. The first-order valence-corrected chi connectivity index (χ1v) is 9.98. The van der Waals surface area contributed by atoms with Gasteiger partial charge in [-0.2, -0.15) is 0 Å². The minimum Gasteiger partial charge on any atom is -0.343 e. The van der Waals surface area contributed by atoms with E-state index in [0.717, 1.165) is 5.56 Å². The third kappa shape index (κ3) is 5.22. The third-order valence-electron chi connectivity index (χ3n) is 4.12. The average molecular weight is 428 g/mol. The maximum absolute atomic E-state index is 12.6. The zero-order chi connectivity index (χ0) is 20.8. The van der Waals surface area contributed by atoms with E-state index in [1.54, 1.807) is 66.9 Å². The van der Waals surface area contributed by atoms with Crippen LogP contribution < -0.4 is 16.0 Å². The fourth-order valence-corrected chi connectivity index (χ4v) is 3.37. The van der Waals surface area contributed by atoms with E-state index in [2.05, 4.69) is 16.0 Å². The number of hydrogen-bond donors (Lipinski definition) is 3. The summed E-state index contributed by atoms with van der Waals surface area (Å²) in [6.45, 7) is 1.57. The summed E-state index contributed by atoms with van der Waals surface area (Å²) >= 11 is 7.35. The molecule has 3 N–H and O–H groups in total. The molecule has 0 aliphatic rings. The average Bonchev–Trinajstić information content (AvgIpc) is 3.25. The Hall–Kier alpha value is -3.16. The summed E-state index contributed by atoms with van der Waals surface area (Å²) in [5, 5.41) is 10.4. The molecule has 3 rings (SSSR count). The van der Waals surface area contributed by atoms with Crippen molar-refractivity contribution in [1.29, 1.82) is 0 Å². The van der Waals surface area contributed by atoms with Crippen LogP contribution in [0.1, 0.15) is 25.6 Å². The molecule has 148 valence electrons. The van der Waals surface area contributed by atoms with Crippen molar-refractivity contribution in [2.75, 3.05) is 17.2 Å². The predicted molar refractivity (Wildman–Crippen MR) is 116 cm³/mol. The second-order valence-electron chi connectivity index (χ2n) is 6.12. The molecular formula is C21H18ClN3O3S. The van der Waals surface area contributed by atoms with Crippen LogP contribution in [-0.4, -0.2) is 24.3 Å². The van der Waals surface area contributed by atoms with Crippen molar-refractivity contribution in [2.45, 2.75) is 6.92 Å². The van der Waals surface area contributed by atoms with E-state index in [0.29, 0.717) is 21.3 Å². The third-order valence-corrected chi connectivity index (χ3v) is 5.39. The van der Waals surface area contributed by atoms with Gasteiger partial charge in [-0.1, -0.05) is 35.9 Å². The van der Waals surface area contributed by atoms with Crippen molar-refractivity contribution >= 4 is 52.0 Å². The Morgan fingerprint density at radius 1 is 0.897 bits per heavy atom. The number of para-hydroxylation sites is 1. The molecule has 2 aromatic carbocycles. The Bertz CT molecular complexity index is 1050. The Labute approximate surface area is 176 Å². The van der Waals surface area contributed by atoms with E-state index in [4.69, 9.17) is 11.6 Å². The second-order valence-corrected chi connectivity index (χ2v) is 7.48. The first kappa shape index (κ1) is 20.6. The predicted octanol–water partition coefficient (Wildman–Crippen LogP) is 4.33. The van der Waals surface area contributed by atoms with Gasteiger partial charge < -0.3 is 16.0 Å². The molecule has 0 saturated heterocycles. The summed E-state index contributed by atoms with van der Waals surface area (Å²) in [6, 6.07) is 15.3. The Morgan fingerprint density at radius 3 is 2.41 bits per heavy atom. The number of thiophene rings is 1. The zero-order valence-electron chi connectivity index (χ0n) is 15.5. The number of carbonyl (C=O) groups excluding carboxylic acids is 3. The topological polar surface area (TPSA) is 87.3 Å². The summed E-state index contributed by atoms with van der Waals surface area (Å²) in [6.07, 6.45) is 0. The van der Waals surface area contributed by atoms with Gasteiger partial charge in [-0.15, -0.1) is 11.3 Å². The minimum atomic E-state index is -0.468. The number of amides is 3. The van der Waals surface area contributed by atoms with Crippen LogP contribution in [0.15, 0.2) is 60.0 Å². The number of halogens is 1. The van der Waals surface area contributed by atoms with Gasteiger partial charge in [0.25, 0.3) is 11.8 Å². The highest BCUT2D eigenvalue weighted by atomic mass is 35.5. The van der Waals surface area contributed by atoms with Crippen molar-refractivity contribution < 1.29 is 14.4 Å². The van der Waals surface area contributed by atoms with Gasteiger partial charge in [0, 0.05) is 10.7 Å². The van der Waals surface area contributed by atoms with Crippen LogP contribution in [0.3, 0.4) is 0 Å². The van der Waals surface area contributed by atoms with Crippen molar-refractivity contribution in [3.8, 4) is 0 Å². The summed E-state index contributed by atoms with van der Waals surface area (Å²) < 4.78 is 0. The lowest BCUT2D eigenvalue weighted by Gasteiger charge is -2.12. The molecule has 0 saturated carbocycles. The molecule has 0 spiro atoms. The quantitative estimate of drug-likeness (QED) is 0.547. The van der Waals surface area contributed by atoms with Gasteiger partial charge in [0.15, 0.2) is 0 Å². The number of carbonyl (C=O) groups is 3. The van der Waals surface area contributed by atoms with Crippen LogP contribution in [0.5, 0.6) is 0 Å². The SMILES string of the molecule is Cc1c(Cl)cccc1NC(=O)CNC(=O)c1ccccc1NC(=O)c1cccs1. The normalized spacial score (nSPS) is 10.3. The van der Waals surface area contributed by atoms with Gasteiger partial charge >= 0.3 is 0 Å². The lowest BCUT2D eigenvalue weighted by molar-refractivity contribution is -0.115. The molecule has 1 aromatic heterocycles. The largest absolute Gasteiger partial charge is 0.343 e. The molecule has 0 bridgehead atoms. The van der Waals surface area contributed by atoms with E-state index in [9.17, 15) is 14.4 Å². The van der Waals surface area contributed by atoms with E-state index < -0.39 is 5.91 Å². The van der Waals surface area contributed by atoms with Crippen LogP contribution in [0.25, 0.3) is 0 Å². The number of hydrogen-bond acceptors (Lipinski definition) is 4. The Morgan fingerprint density at radius 2 is 1.66 bits per heavy atom. The molecule has 3 amide bonds. The van der Waals surface area contributed by atoms with Crippen molar-refractivity contribution in [2.24, 2.45) is 0 Å². The standard InChI is InChI=1S/C21H18ClN3O3S/c1-13-15(22)7-4-9-16(13)24-19(26)12-23-20(27)14-6-2-3-8-17(14)25-21(28)18-10-5-11-29-18/h2-11H,12H2,1H3,(H,23,27)(H,24,26)(H,25,28). The van der Waals surface area contributed by atoms with Crippen molar-refractivity contribution in [1.82, 2.24) is 5.32 Å². The number of nitrogens with one attached hydrogen (secondary N) is 3. The highest BCUT2D eigenvalue weighted by Crippen LogP contribution is 2.23. The van der Waals surface area contributed by atoms with E-state index in [1.165, 1.54) is 11.3 Å². The fraction of sp³-hybridized carbons (Fsp3) is 0.0952. The minimum absolute atomic E-state index is 0.224. The summed E-state index contributed by atoms with van der Waals surface area (Å²) in [5.41, 5.74) is 1.97. The fourth-order valence-electron chi connectivity index (χ4n) is 2.57. The summed E-state index contributed by atoms with van der Waals surface area (Å²) in [7, 11) is 0. The maximum atomic E-state index is 12.6. The van der Waals surface area contributed by atoms with Gasteiger partial charge in [-0.25, -0.2) is 0 Å². The highest BCUT2D eigenvalue weighted by molar-refractivity contribution is 7.12. The van der Waals surface area contributed by atoms with Crippen LogP contribution in [0.4, 0.5) is 11.4 Å². The molecule has 3 aromatic rings. The molecule has 1 heterocycles. The van der Waals surface area contributed by atoms with Gasteiger partial charge in [0.1, 0.15) is 0 Å². The first-order valence-electron chi connectivity index (χ1n) is 8.72. The lowest BCUT2D eigenvalue weighted by Crippen LogP contribution is -2.33. The second kappa shape index (κ2) is 9.36. The van der Waals surface area contributed by atoms with E-state index in [-0.39, 0.29) is 23.9 Å². The van der Waals surface area contributed by atoms with Gasteiger partial charge in [0.2, 0.25) is 5.91 Å². The summed E-state index contributed by atoms with van der Waals surface area (Å²) in [5.74, 6) is -1.15. The van der Waals surface area contributed by atoms with Gasteiger partial charge in [-0.05, 0) is 48.2 Å². The Kier molecular flexibility index (Phi) is 6.64. The maximum Gasteiger partial charge on any atom is 0.265 e.